The summed E-state index contributed by atoms with van der Waals surface area (Å²) >= 11 is 0. The maximum absolute atomic E-state index is 12.1. The third-order valence-corrected chi connectivity index (χ3v) is 3.26. The Morgan fingerprint density at radius 3 is 2.62 bits per heavy atom. The van der Waals surface area contributed by atoms with Crippen LogP contribution in [0.3, 0.4) is 0 Å². The van der Waals surface area contributed by atoms with E-state index in [1.165, 1.54) is 0 Å². The maximum atomic E-state index is 12.1. The molecule has 0 atom stereocenters. The molecule has 2 rings (SSSR count). The van der Waals surface area contributed by atoms with Crippen LogP contribution in [0.1, 0.15) is 23.2 Å². The van der Waals surface area contributed by atoms with Gasteiger partial charge in [-0.2, -0.15) is 0 Å². The minimum absolute atomic E-state index is 0. The van der Waals surface area contributed by atoms with E-state index in [9.17, 15) is 20.0 Å². The fourth-order valence-corrected chi connectivity index (χ4v) is 2.16. The molecule has 9 heteroatoms. The van der Waals surface area contributed by atoms with Crippen LogP contribution < -0.4 is 16.4 Å². The third kappa shape index (κ3) is 4.05. The van der Waals surface area contributed by atoms with E-state index in [4.69, 9.17) is 5.73 Å². The molecule has 5 N–H and O–H groups in total. The predicted octanol–water partition coefficient (Wildman–Crippen LogP) is 0.942. The summed E-state index contributed by atoms with van der Waals surface area (Å²) in [5.74, 6) is -0.892. The number of piperidine rings is 1. The Bertz CT molecular complexity index is 546. The highest BCUT2D eigenvalue weighted by Crippen LogP contribution is 2.29. The van der Waals surface area contributed by atoms with Crippen molar-refractivity contribution in [3.05, 3.63) is 27.8 Å². The summed E-state index contributed by atoms with van der Waals surface area (Å²) in [7, 11) is 0. The average Bonchev–Trinajstić information content (AvgIpc) is 2.39. The Morgan fingerprint density at radius 2 is 2.05 bits per heavy atom. The number of nitrogens with two attached hydrogens (primary N) is 1. The number of carbonyl (C=O) groups excluding carboxylic acids is 1. The number of amides is 1. The number of nitrogens with one attached hydrogen (secondary N) is 2. The topological polar surface area (TPSA) is 131 Å². The second-order valence-electron chi connectivity index (χ2n) is 4.68. The molecule has 0 aromatic heterocycles. The number of nitrogen functional groups attached to an aromatic ring is 1. The van der Waals surface area contributed by atoms with Crippen molar-refractivity contribution in [1.29, 1.82) is 0 Å². The highest BCUT2D eigenvalue weighted by molar-refractivity contribution is 8.93. The number of phenolic OH excluding ortho intramolecular Hbond substituents is 1. The number of halogens is 1. The molecule has 0 unspecified atom stereocenters. The van der Waals surface area contributed by atoms with Gasteiger partial charge < -0.3 is 21.5 Å². The summed E-state index contributed by atoms with van der Waals surface area (Å²) in [6.07, 6.45) is 1.56. The van der Waals surface area contributed by atoms with Crippen molar-refractivity contribution >= 4 is 34.3 Å². The number of carbonyl (C=O) groups is 1. The molecule has 1 aliphatic rings. The van der Waals surface area contributed by atoms with Crippen LogP contribution in [0.2, 0.25) is 0 Å². The van der Waals surface area contributed by atoms with Crippen LogP contribution in [0, 0.1) is 10.1 Å². The first kappa shape index (κ1) is 17.2. The second-order valence-corrected chi connectivity index (χ2v) is 4.68. The molecule has 0 spiro atoms. The fourth-order valence-electron chi connectivity index (χ4n) is 2.16. The van der Waals surface area contributed by atoms with Crippen molar-refractivity contribution in [3.63, 3.8) is 0 Å². The number of nitro benzene ring substituents is 1. The number of hydrogen-bond acceptors (Lipinski definition) is 6. The van der Waals surface area contributed by atoms with Gasteiger partial charge in [-0.1, -0.05) is 0 Å². The van der Waals surface area contributed by atoms with Gasteiger partial charge in [0.15, 0.2) is 0 Å². The lowest BCUT2D eigenvalue weighted by Crippen LogP contribution is -2.42. The van der Waals surface area contributed by atoms with Crippen LogP contribution in [0.4, 0.5) is 11.4 Å². The molecule has 1 fully saturated rings. The Labute approximate surface area is 131 Å². The highest BCUT2D eigenvalue weighted by atomic mass is 79.9. The van der Waals surface area contributed by atoms with Gasteiger partial charge in [0.05, 0.1) is 10.5 Å². The molecule has 0 radical (unpaired) electrons. The number of nitrogens with zero attached hydrogens (tertiary/aromatic N) is 1. The number of rotatable bonds is 3. The highest BCUT2D eigenvalue weighted by Gasteiger charge is 2.22. The van der Waals surface area contributed by atoms with Crippen LogP contribution in [0.5, 0.6) is 5.75 Å². The van der Waals surface area contributed by atoms with Crippen molar-refractivity contribution in [3.8, 4) is 5.75 Å². The Kier molecular flexibility index (Phi) is 5.91. The van der Waals surface area contributed by atoms with E-state index >= 15 is 0 Å². The summed E-state index contributed by atoms with van der Waals surface area (Å²) in [6.45, 7) is 1.61. The van der Waals surface area contributed by atoms with E-state index in [0.29, 0.717) is 0 Å². The van der Waals surface area contributed by atoms with Gasteiger partial charge in [-0.05, 0) is 25.9 Å². The zero-order chi connectivity index (χ0) is 14.7. The molecule has 1 aromatic rings. The van der Waals surface area contributed by atoms with Crippen LogP contribution in [-0.2, 0) is 0 Å². The third-order valence-electron chi connectivity index (χ3n) is 3.26. The van der Waals surface area contributed by atoms with Crippen molar-refractivity contribution in [2.45, 2.75) is 18.9 Å². The fraction of sp³-hybridized carbons (Fsp3) is 0.417. The summed E-state index contributed by atoms with van der Waals surface area (Å²) in [5.41, 5.74) is 4.73. The standard InChI is InChI=1S/C12H16N4O4.BrH/c13-9-6-11(17)8(5-10(9)16(19)20)12(18)15-7-1-3-14-4-2-7;/h5-7,14,17H,1-4,13H2,(H,15,18);1H. The largest absolute Gasteiger partial charge is 0.507 e. The number of hydrogen-bond donors (Lipinski definition) is 4. The lowest BCUT2D eigenvalue weighted by atomic mass is 10.1. The van der Waals surface area contributed by atoms with Crippen molar-refractivity contribution in [2.75, 3.05) is 18.8 Å². The van der Waals surface area contributed by atoms with Gasteiger partial charge in [0.25, 0.3) is 11.6 Å². The van der Waals surface area contributed by atoms with Gasteiger partial charge in [-0.3, -0.25) is 14.9 Å². The smallest absolute Gasteiger partial charge is 0.293 e. The summed E-state index contributed by atoms with van der Waals surface area (Å²) in [4.78, 5) is 22.2. The van der Waals surface area contributed by atoms with Crippen LogP contribution in [0.15, 0.2) is 12.1 Å². The zero-order valence-corrected chi connectivity index (χ0v) is 12.9. The minimum atomic E-state index is -0.684. The first-order valence-electron chi connectivity index (χ1n) is 6.27. The SMILES string of the molecule is Br.Nc1cc(O)c(C(=O)NC2CCNCC2)cc1[N+](=O)[O-]. The molecule has 21 heavy (non-hydrogen) atoms. The Hall–Kier alpha value is -1.87. The molecule has 0 aliphatic carbocycles. The molecule has 8 nitrogen and oxygen atoms in total. The summed E-state index contributed by atoms with van der Waals surface area (Å²) < 4.78 is 0. The quantitative estimate of drug-likeness (QED) is 0.360. The van der Waals surface area contributed by atoms with Crippen LogP contribution in [0.25, 0.3) is 0 Å². The van der Waals surface area contributed by atoms with Crippen LogP contribution >= 0.6 is 17.0 Å². The van der Waals surface area contributed by atoms with Gasteiger partial charge in [0.2, 0.25) is 0 Å². The molecular weight excluding hydrogens is 344 g/mol. The monoisotopic (exact) mass is 360 g/mol. The van der Waals surface area contributed by atoms with Gasteiger partial charge in [-0.25, -0.2) is 0 Å². The van der Waals surface area contributed by atoms with Crippen molar-refractivity contribution in [2.24, 2.45) is 0 Å². The first-order chi connectivity index (χ1) is 9.49. The number of benzene rings is 1. The number of aromatic hydroxyl groups is 1. The van der Waals surface area contributed by atoms with E-state index in [1.807, 2.05) is 0 Å². The van der Waals surface area contributed by atoms with E-state index < -0.39 is 16.5 Å². The Morgan fingerprint density at radius 1 is 1.43 bits per heavy atom. The van der Waals surface area contributed by atoms with E-state index in [-0.39, 0.29) is 40.0 Å². The van der Waals surface area contributed by atoms with Gasteiger partial charge >= 0.3 is 0 Å². The molecular formula is C12H17BrN4O4. The average molecular weight is 361 g/mol. The number of phenols is 1. The lowest BCUT2D eigenvalue weighted by Gasteiger charge is -2.23. The minimum Gasteiger partial charge on any atom is -0.507 e. The molecule has 0 bridgehead atoms. The maximum Gasteiger partial charge on any atom is 0.293 e. The van der Waals surface area contributed by atoms with Crippen molar-refractivity contribution < 1.29 is 14.8 Å². The predicted molar refractivity (Wildman–Crippen MR) is 82.9 cm³/mol. The molecule has 1 heterocycles. The molecule has 0 saturated carbocycles. The van der Waals surface area contributed by atoms with E-state index in [0.717, 1.165) is 38.1 Å². The lowest BCUT2D eigenvalue weighted by molar-refractivity contribution is -0.383. The van der Waals surface area contributed by atoms with Gasteiger partial charge in [0.1, 0.15) is 11.4 Å². The molecule has 1 aromatic carbocycles. The molecule has 1 saturated heterocycles. The van der Waals surface area contributed by atoms with Gasteiger partial charge in [0, 0.05) is 18.2 Å². The summed E-state index contributed by atoms with van der Waals surface area (Å²) in [5, 5.41) is 26.4. The van der Waals surface area contributed by atoms with E-state index in [2.05, 4.69) is 10.6 Å². The Balaban J connectivity index is 0.00000220. The zero-order valence-electron chi connectivity index (χ0n) is 11.2. The second kappa shape index (κ2) is 7.23. The van der Waals surface area contributed by atoms with Crippen molar-refractivity contribution in [1.82, 2.24) is 10.6 Å². The summed E-state index contributed by atoms with van der Waals surface area (Å²) in [6, 6.07) is 2.02. The molecule has 1 aliphatic heterocycles. The molecule has 1 amide bonds. The number of nitro groups is 1. The molecule has 116 valence electrons. The van der Waals surface area contributed by atoms with E-state index in [1.54, 1.807) is 0 Å². The number of anilines is 1. The van der Waals surface area contributed by atoms with Crippen LogP contribution in [-0.4, -0.2) is 35.1 Å². The first-order valence-corrected chi connectivity index (χ1v) is 6.27. The van der Waals surface area contributed by atoms with Gasteiger partial charge in [-0.15, -0.1) is 17.0 Å². The normalized spacial score (nSPS) is 15.0.